The second-order valence-electron chi connectivity index (χ2n) is 4.95. The molecule has 23 heavy (non-hydrogen) atoms. The summed E-state index contributed by atoms with van der Waals surface area (Å²) in [6.45, 7) is 0. The number of hydrogen-bond donors (Lipinski definition) is 2. The van der Waals surface area contributed by atoms with Gasteiger partial charge in [0.05, 0.1) is 15.6 Å². The van der Waals surface area contributed by atoms with E-state index in [0.29, 0.717) is 0 Å². The maximum atomic E-state index is 12.4. The Kier molecular flexibility index (Phi) is 5.25. The van der Waals surface area contributed by atoms with Crippen LogP contribution in [0.25, 0.3) is 0 Å². The molecule has 8 heteroatoms. The zero-order valence-electron chi connectivity index (χ0n) is 12.6. The second-order valence-corrected chi connectivity index (χ2v) is 7.04. The number of amides is 1. The van der Waals surface area contributed by atoms with Crippen molar-refractivity contribution in [1.29, 1.82) is 0 Å². The molecule has 0 aliphatic rings. The highest BCUT2D eigenvalue weighted by atomic mass is 35.5. The van der Waals surface area contributed by atoms with Crippen molar-refractivity contribution in [2.45, 2.75) is 4.90 Å². The van der Waals surface area contributed by atoms with E-state index in [1.807, 2.05) is 0 Å². The molecule has 122 valence electrons. The fourth-order valence-corrected chi connectivity index (χ4v) is 3.18. The van der Waals surface area contributed by atoms with Gasteiger partial charge < -0.3 is 0 Å². The van der Waals surface area contributed by atoms with Gasteiger partial charge in [-0.25, -0.2) is 13.4 Å². The topological polar surface area (TPSA) is 78.5 Å². The fraction of sp³-hybridized carbons (Fsp3) is 0.133. The molecule has 2 N–H and O–H groups in total. The lowest BCUT2D eigenvalue weighted by atomic mass is 10.2. The number of carbonyl (C=O) groups excluding carboxylic acids is 1. The third-order valence-electron chi connectivity index (χ3n) is 2.85. The van der Waals surface area contributed by atoms with Gasteiger partial charge in [-0.3, -0.25) is 14.9 Å². The Bertz CT molecular complexity index is 822. The summed E-state index contributed by atoms with van der Waals surface area (Å²) >= 11 is 5.96. The quantitative estimate of drug-likeness (QED) is 0.809. The first-order chi connectivity index (χ1) is 10.8. The van der Waals surface area contributed by atoms with Crippen LogP contribution < -0.4 is 10.1 Å². The molecule has 0 heterocycles. The highest BCUT2D eigenvalue weighted by Crippen LogP contribution is 2.24. The van der Waals surface area contributed by atoms with Crippen LogP contribution in [0.4, 0.5) is 5.69 Å². The van der Waals surface area contributed by atoms with Gasteiger partial charge in [-0.05, 0) is 30.3 Å². The molecule has 2 aromatic rings. The predicted octanol–water partition coefficient (Wildman–Crippen LogP) is 2.35. The van der Waals surface area contributed by atoms with Crippen molar-refractivity contribution in [2.24, 2.45) is 0 Å². The number of nitrogens with zero attached hydrogens (tertiary/aromatic N) is 1. The van der Waals surface area contributed by atoms with Crippen LogP contribution in [0.2, 0.25) is 5.02 Å². The van der Waals surface area contributed by atoms with Crippen LogP contribution in [0.5, 0.6) is 0 Å². The molecule has 0 aliphatic heterocycles. The third kappa shape index (κ3) is 4.44. The Morgan fingerprint density at radius 3 is 2.43 bits per heavy atom. The monoisotopic (exact) mass is 353 g/mol. The first kappa shape index (κ1) is 17.3. The van der Waals surface area contributed by atoms with Crippen molar-refractivity contribution < 1.29 is 13.2 Å². The van der Waals surface area contributed by atoms with Crippen molar-refractivity contribution in [1.82, 2.24) is 10.4 Å². The van der Waals surface area contributed by atoms with Crippen molar-refractivity contribution >= 4 is 33.2 Å². The largest absolute Gasteiger partial charge is 0.285 e. The molecule has 0 spiro atoms. The zero-order valence-corrected chi connectivity index (χ0v) is 14.1. The molecule has 0 atom stereocenters. The van der Waals surface area contributed by atoms with E-state index < -0.39 is 15.9 Å². The average molecular weight is 354 g/mol. The number of halogens is 1. The molecule has 1 amide bonds. The Hall–Kier alpha value is -2.09. The number of hydrogen-bond acceptors (Lipinski definition) is 4. The summed E-state index contributed by atoms with van der Waals surface area (Å²) in [5.74, 6) is -0.398. The highest BCUT2D eigenvalue weighted by molar-refractivity contribution is 7.92. The van der Waals surface area contributed by atoms with E-state index in [1.165, 1.54) is 29.3 Å². The first-order valence-electron chi connectivity index (χ1n) is 6.65. The van der Waals surface area contributed by atoms with Gasteiger partial charge in [-0.15, -0.1) is 0 Å². The Morgan fingerprint density at radius 1 is 1.09 bits per heavy atom. The number of rotatable bonds is 5. The van der Waals surface area contributed by atoms with E-state index in [-0.39, 0.29) is 21.2 Å². The lowest BCUT2D eigenvalue weighted by Crippen LogP contribution is -2.36. The van der Waals surface area contributed by atoms with Gasteiger partial charge in [0.2, 0.25) is 0 Å². The van der Waals surface area contributed by atoms with E-state index in [1.54, 1.807) is 38.4 Å². The number of hydrazine groups is 1. The maximum Gasteiger partial charge on any atom is 0.265 e. The number of carbonyl (C=O) groups is 1. The molecule has 6 nitrogen and oxygen atoms in total. The molecule has 0 saturated heterocycles. The van der Waals surface area contributed by atoms with Gasteiger partial charge in [-0.1, -0.05) is 29.8 Å². The zero-order chi connectivity index (χ0) is 17.0. The fourth-order valence-electron chi connectivity index (χ4n) is 1.82. The summed E-state index contributed by atoms with van der Waals surface area (Å²) in [7, 11) is -0.520. The molecule has 0 aliphatic carbocycles. The SMILES string of the molecule is CN(C)NC(=O)c1cccc(S(=O)(=O)Nc2ccccc2Cl)c1. The van der Waals surface area contributed by atoms with Crippen LogP contribution in [0.1, 0.15) is 10.4 Å². The van der Waals surface area contributed by atoms with Crippen LogP contribution in [-0.2, 0) is 10.0 Å². The summed E-state index contributed by atoms with van der Waals surface area (Å²) < 4.78 is 27.3. The summed E-state index contributed by atoms with van der Waals surface area (Å²) in [6.07, 6.45) is 0. The molecule has 0 saturated carbocycles. The molecule has 0 unspecified atom stereocenters. The molecule has 0 aromatic heterocycles. The predicted molar refractivity (Wildman–Crippen MR) is 89.9 cm³/mol. The molecule has 0 fully saturated rings. The number of anilines is 1. The molecule has 2 aromatic carbocycles. The molecular formula is C15H16ClN3O3S. The van der Waals surface area contributed by atoms with Crippen molar-refractivity contribution in [3.63, 3.8) is 0 Å². The average Bonchev–Trinajstić information content (AvgIpc) is 2.49. The van der Waals surface area contributed by atoms with Gasteiger partial charge in [0.15, 0.2) is 0 Å². The molecule has 0 radical (unpaired) electrons. The first-order valence-corrected chi connectivity index (χ1v) is 8.51. The minimum Gasteiger partial charge on any atom is -0.285 e. The van der Waals surface area contributed by atoms with Crippen molar-refractivity contribution in [2.75, 3.05) is 18.8 Å². The number of nitrogens with one attached hydrogen (secondary N) is 2. The van der Waals surface area contributed by atoms with Crippen molar-refractivity contribution in [3.05, 3.63) is 59.1 Å². The van der Waals surface area contributed by atoms with E-state index in [0.717, 1.165) is 0 Å². The minimum absolute atomic E-state index is 0.0242. The molecule has 2 rings (SSSR count). The van der Waals surface area contributed by atoms with Gasteiger partial charge in [0.1, 0.15) is 0 Å². The highest BCUT2D eigenvalue weighted by Gasteiger charge is 2.17. The van der Waals surface area contributed by atoms with Gasteiger partial charge in [-0.2, -0.15) is 0 Å². The van der Waals surface area contributed by atoms with Gasteiger partial charge in [0, 0.05) is 19.7 Å². The van der Waals surface area contributed by atoms with Crippen molar-refractivity contribution in [3.8, 4) is 0 Å². The van der Waals surface area contributed by atoms with E-state index in [4.69, 9.17) is 11.6 Å². The molecular weight excluding hydrogens is 338 g/mol. The Morgan fingerprint density at radius 2 is 1.78 bits per heavy atom. The number of benzene rings is 2. The summed E-state index contributed by atoms with van der Waals surface area (Å²) in [5.41, 5.74) is 3.07. The smallest absolute Gasteiger partial charge is 0.265 e. The minimum atomic E-state index is -3.85. The summed E-state index contributed by atoms with van der Waals surface area (Å²) in [5, 5.41) is 1.77. The Labute approximate surface area is 140 Å². The van der Waals surface area contributed by atoms with Crippen LogP contribution >= 0.6 is 11.6 Å². The van der Waals surface area contributed by atoms with Crippen LogP contribution in [0.15, 0.2) is 53.4 Å². The standard InChI is InChI=1S/C15H16ClN3O3S/c1-19(2)17-15(20)11-6-5-7-12(10-11)23(21,22)18-14-9-4-3-8-13(14)16/h3-10,18H,1-2H3,(H,17,20). The molecule has 0 bridgehead atoms. The van der Waals surface area contributed by atoms with E-state index >= 15 is 0 Å². The summed E-state index contributed by atoms with van der Waals surface area (Å²) in [4.78, 5) is 11.9. The Balaban J connectivity index is 2.30. The van der Waals surface area contributed by atoms with Gasteiger partial charge in [0.25, 0.3) is 15.9 Å². The van der Waals surface area contributed by atoms with Crippen LogP contribution in [0, 0.1) is 0 Å². The van der Waals surface area contributed by atoms with E-state index in [2.05, 4.69) is 10.1 Å². The third-order valence-corrected chi connectivity index (χ3v) is 4.54. The second kappa shape index (κ2) is 6.99. The van der Waals surface area contributed by atoms with E-state index in [9.17, 15) is 13.2 Å². The van der Waals surface area contributed by atoms with Crippen LogP contribution in [-0.4, -0.2) is 33.4 Å². The lowest BCUT2D eigenvalue weighted by Gasteiger charge is -2.13. The maximum absolute atomic E-state index is 12.4. The summed E-state index contributed by atoms with van der Waals surface area (Å²) in [6, 6.07) is 12.3. The lowest BCUT2D eigenvalue weighted by molar-refractivity contribution is 0.0856. The van der Waals surface area contributed by atoms with Gasteiger partial charge >= 0.3 is 0 Å². The van der Waals surface area contributed by atoms with Crippen LogP contribution in [0.3, 0.4) is 0 Å². The number of para-hydroxylation sites is 1. The number of sulfonamides is 1. The normalized spacial score (nSPS) is 11.3.